The molecule has 3 aromatic rings. The predicted molar refractivity (Wildman–Crippen MR) is 89.7 cm³/mol. The van der Waals surface area contributed by atoms with Gasteiger partial charge in [0.2, 0.25) is 6.10 Å². The summed E-state index contributed by atoms with van der Waals surface area (Å²) in [6.07, 6.45) is -1.22. The molecule has 3 rings (SSSR count). The third kappa shape index (κ3) is 3.12. The lowest BCUT2D eigenvalue weighted by molar-refractivity contribution is -0.145. The van der Waals surface area contributed by atoms with Crippen LogP contribution < -0.4 is 10.4 Å². The molecule has 0 spiro atoms. The lowest BCUT2D eigenvalue weighted by Crippen LogP contribution is -2.18. The van der Waals surface area contributed by atoms with Gasteiger partial charge in [0.15, 0.2) is 0 Å². The lowest BCUT2D eigenvalue weighted by Gasteiger charge is -2.17. The summed E-state index contributed by atoms with van der Waals surface area (Å²) in [6, 6.07) is 12.9. The van der Waals surface area contributed by atoms with Gasteiger partial charge < -0.3 is 14.3 Å². The Hall–Kier alpha value is -2.79. The molecule has 0 aliphatic carbocycles. The standard InChI is InChI=1S/C18H13ClO5/c1-10-7-16(20)23-14-9-15(13(19)8-12(10)14)24-17(18(21)22)11-5-3-2-4-6-11/h2-9,17H,1H3,(H,21,22). The molecule has 0 aliphatic heterocycles. The fraction of sp³-hybridized carbons (Fsp3) is 0.111. The molecule has 0 aliphatic rings. The zero-order valence-corrected chi connectivity index (χ0v) is 13.4. The van der Waals surface area contributed by atoms with Crippen LogP contribution in [0.1, 0.15) is 17.2 Å². The van der Waals surface area contributed by atoms with E-state index in [1.807, 2.05) is 0 Å². The van der Waals surface area contributed by atoms with Crippen LogP contribution in [-0.2, 0) is 4.79 Å². The van der Waals surface area contributed by atoms with E-state index < -0.39 is 17.7 Å². The van der Waals surface area contributed by atoms with Crippen LogP contribution in [-0.4, -0.2) is 11.1 Å². The van der Waals surface area contributed by atoms with Gasteiger partial charge in [-0.2, -0.15) is 0 Å². The highest BCUT2D eigenvalue weighted by molar-refractivity contribution is 6.32. The maximum Gasteiger partial charge on any atom is 0.349 e. The van der Waals surface area contributed by atoms with Crippen molar-refractivity contribution in [2.24, 2.45) is 0 Å². The van der Waals surface area contributed by atoms with Crippen LogP contribution in [0.15, 0.2) is 57.7 Å². The van der Waals surface area contributed by atoms with E-state index in [1.165, 1.54) is 12.1 Å². The molecule has 0 amide bonds. The second-order valence-corrected chi connectivity index (χ2v) is 5.68. The summed E-state index contributed by atoms with van der Waals surface area (Å²) in [7, 11) is 0. The highest BCUT2D eigenvalue weighted by atomic mass is 35.5. The van der Waals surface area contributed by atoms with E-state index in [9.17, 15) is 14.7 Å². The van der Waals surface area contributed by atoms with Crippen molar-refractivity contribution in [3.8, 4) is 5.75 Å². The number of ether oxygens (including phenoxy) is 1. The molecular formula is C18H13ClO5. The molecular weight excluding hydrogens is 332 g/mol. The summed E-state index contributed by atoms with van der Waals surface area (Å²) in [5.41, 5.74) is 0.988. The molecule has 1 unspecified atom stereocenters. The Labute approximate surface area is 142 Å². The maximum absolute atomic E-state index is 11.5. The van der Waals surface area contributed by atoms with E-state index in [-0.39, 0.29) is 16.4 Å². The van der Waals surface area contributed by atoms with Crippen molar-refractivity contribution in [1.82, 2.24) is 0 Å². The van der Waals surface area contributed by atoms with Crippen LogP contribution in [0.4, 0.5) is 0 Å². The molecule has 2 aromatic carbocycles. The maximum atomic E-state index is 11.5. The van der Waals surface area contributed by atoms with E-state index in [0.29, 0.717) is 16.5 Å². The Morgan fingerprint density at radius 3 is 2.58 bits per heavy atom. The zero-order chi connectivity index (χ0) is 17.3. The van der Waals surface area contributed by atoms with Gasteiger partial charge in [-0.25, -0.2) is 9.59 Å². The van der Waals surface area contributed by atoms with Gasteiger partial charge in [-0.15, -0.1) is 0 Å². The smallest absolute Gasteiger partial charge is 0.349 e. The summed E-state index contributed by atoms with van der Waals surface area (Å²) >= 11 is 6.21. The molecule has 0 saturated carbocycles. The Kier molecular flexibility index (Phi) is 4.27. The normalized spacial score (nSPS) is 12.1. The van der Waals surface area contributed by atoms with Gasteiger partial charge >= 0.3 is 11.6 Å². The van der Waals surface area contributed by atoms with Crippen molar-refractivity contribution in [3.63, 3.8) is 0 Å². The zero-order valence-electron chi connectivity index (χ0n) is 12.7. The van der Waals surface area contributed by atoms with Gasteiger partial charge in [0, 0.05) is 23.1 Å². The molecule has 0 radical (unpaired) electrons. The first kappa shape index (κ1) is 16.1. The van der Waals surface area contributed by atoms with Crippen LogP contribution in [0.25, 0.3) is 11.0 Å². The Balaban J connectivity index is 2.07. The molecule has 0 fully saturated rings. The van der Waals surface area contributed by atoms with Crippen LogP contribution >= 0.6 is 11.6 Å². The van der Waals surface area contributed by atoms with E-state index in [2.05, 4.69) is 0 Å². The van der Waals surface area contributed by atoms with Crippen molar-refractivity contribution in [2.45, 2.75) is 13.0 Å². The quantitative estimate of drug-likeness (QED) is 0.725. The second-order valence-electron chi connectivity index (χ2n) is 5.27. The van der Waals surface area contributed by atoms with E-state index >= 15 is 0 Å². The number of carboxylic acids is 1. The third-order valence-electron chi connectivity index (χ3n) is 3.58. The monoisotopic (exact) mass is 344 g/mol. The Bertz CT molecular complexity index is 962. The largest absolute Gasteiger partial charge is 0.478 e. The van der Waals surface area contributed by atoms with E-state index in [1.54, 1.807) is 43.3 Å². The summed E-state index contributed by atoms with van der Waals surface area (Å²) < 4.78 is 10.7. The molecule has 1 atom stereocenters. The number of benzene rings is 2. The summed E-state index contributed by atoms with van der Waals surface area (Å²) in [6.45, 7) is 1.76. The number of fused-ring (bicyclic) bond motifs is 1. The first-order chi connectivity index (χ1) is 11.5. The van der Waals surface area contributed by atoms with Crippen molar-refractivity contribution >= 4 is 28.5 Å². The highest BCUT2D eigenvalue weighted by Gasteiger charge is 2.23. The van der Waals surface area contributed by atoms with Crippen molar-refractivity contribution in [3.05, 3.63) is 75.1 Å². The van der Waals surface area contributed by atoms with Crippen LogP contribution in [0.2, 0.25) is 5.02 Å². The van der Waals surface area contributed by atoms with Crippen LogP contribution in [0, 0.1) is 6.92 Å². The lowest BCUT2D eigenvalue weighted by atomic mass is 10.1. The first-order valence-corrected chi connectivity index (χ1v) is 7.52. The highest BCUT2D eigenvalue weighted by Crippen LogP contribution is 2.34. The number of halogens is 1. The van der Waals surface area contributed by atoms with Crippen molar-refractivity contribution in [2.75, 3.05) is 0 Å². The fourth-order valence-electron chi connectivity index (χ4n) is 2.43. The third-order valence-corrected chi connectivity index (χ3v) is 3.87. The SMILES string of the molecule is Cc1cc(=O)oc2cc(OC(C(=O)O)c3ccccc3)c(Cl)cc12. The number of carbonyl (C=O) groups is 1. The van der Waals surface area contributed by atoms with Gasteiger partial charge in [0.25, 0.3) is 0 Å². The van der Waals surface area contributed by atoms with Gasteiger partial charge in [0.1, 0.15) is 11.3 Å². The number of hydrogen-bond donors (Lipinski definition) is 1. The van der Waals surface area contributed by atoms with Crippen molar-refractivity contribution in [1.29, 1.82) is 0 Å². The van der Waals surface area contributed by atoms with Crippen LogP contribution in [0.5, 0.6) is 5.75 Å². The topological polar surface area (TPSA) is 76.7 Å². The van der Waals surface area contributed by atoms with Gasteiger partial charge in [-0.3, -0.25) is 0 Å². The van der Waals surface area contributed by atoms with Crippen LogP contribution in [0.3, 0.4) is 0 Å². The second kappa shape index (κ2) is 6.37. The summed E-state index contributed by atoms with van der Waals surface area (Å²) in [5, 5.41) is 10.3. The van der Waals surface area contributed by atoms with Gasteiger partial charge in [0.05, 0.1) is 5.02 Å². The Morgan fingerprint density at radius 2 is 1.92 bits per heavy atom. The Morgan fingerprint density at radius 1 is 1.21 bits per heavy atom. The van der Waals surface area contributed by atoms with Gasteiger partial charge in [-0.05, 0) is 18.6 Å². The van der Waals surface area contributed by atoms with Crippen molar-refractivity contribution < 1.29 is 19.1 Å². The molecule has 1 heterocycles. The minimum Gasteiger partial charge on any atom is -0.478 e. The molecule has 1 aromatic heterocycles. The minimum atomic E-state index is -1.22. The molecule has 0 saturated heterocycles. The molecule has 6 heteroatoms. The number of rotatable bonds is 4. The molecule has 122 valence electrons. The molecule has 0 bridgehead atoms. The summed E-state index contributed by atoms with van der Waals surface area (Å²) in [5.74, 6) is -1.02. The predicted octanol–water partition coefficient (Wildman–Crippen LogP) is 3.96. The number of carboxylic acid groups (broad SMARTS) is 1. The van der Waals surface area contributed by atoms with E-state index in [4.69, 9.17) is 20.8 Å². The van der Waals surface area contributed by atoms with E-state index in [0.717, 1.165) is 0 Å². The minimum absolute atomic E-state index is 0.133. The first-order valence-electron chi connectivity index (χ1n) is 7.14. The number of hydrogen-bond acceptors (Lipinski definition) is 4. The molecule has 24 heavy (non-hydrogen) atoms. The number of aliphatic carboxylic acids is 1. The summed E-state index contributed by atoms with van der Waals surface area (Å²) in [4.78, 5) is 23.1. The molecule has 1 N–H and O–H groups in total. The fourth-order valence-corrected chi connectivity index (χ4v) is 2.63. The van der Waals surface area contributed by atoms with Gasteiger partial charge in [-0.1, -0.05) is 41.9 Å². The average Bonchev–Trinajstić information content (AvgIpc) is 2.54. The molecule has 5 nitrogen and oxygen atoms in total. The average molecular weight is 345 g/mol. The number of aryl methyl sites for hydroxylation is 1.